The van der Waals surface area contributed by atoms with E-state index in [0.717, 1.165) is 12.8 Å². The van der Waals surface area contributed by atoms with E-state index in [9.17, 15) is 19.5 Å². The Hall–Kier alpha value is -2.69. The van der Waals surface area contributed by atoms with Crippen LogP contribution in [0.25, 0.3) is 0 Å². The predicted molar refractivity (Wildman–Crippen MR) is 157 cm³/mol. The number of primary amides is 1. The maximum Gasteiger partial charge on any atom is 0.255 e. The molecule has 0 heterocycles. The van der Waals surface area contributed by atoms with Crippen LogP contribution in [-0.2, 0) is 14.3 Å². The minimum atomic E-state index is -0.907. The molecule has 0 aliphatic rings. The number of rotatable bonds is 20. The second-order valence-electron chi connectivity index (χ2n) is 11.4. The van der Waals surface area contributed by atoms with Gasteiger partial charge in [0.05, 0.1) is 24.2 Å². The van der Waals surface area contributed by atoms with Gasteiger partial charge in [0.1, 0.15) is 5.75 Å². The van der Waals surface area contributed by atoms with Crippen molar-refractivity contribution in [2.45, 2.75) is 72.4 Å². The van der Waals surface area contributed by atoms with E-state index in [4.69, 9.17) is 20.9 Å². The average molecular weight is 565 g/mol. The summed E-state index contributed by atoms with van der Waals surface area (Å²) in [5, 5.41) is 16.7. The first kappa shape index (κ1) is 35.3. The van der Waals surface area contributed by atoms with Gasteiger partial charge >= 0.3 is 0 Å². The third-order valence-electron chi connectivity index (χ3n) is 7.37. The molecule has 40 heavy (non-hydrogen) atoms. The summed E-state index contributed by atoms with van der Waals surface area (Å²) in [4.78, 5) is 37.1. The van der Waals surface area contributed by atoms with Crippen LogP contribution in [0.4, 0.5) is 0 Å². The Labute approximate surface area is 239 Å². The molecule has 0 fully saturated rings. The molecule has 0 radical (unpaired) electrons. The Morgan fingerprint density at radius 3 is 2.17 bits per heavy atom. The van der Waals surface area contributed by atoms with Gasteiger partial charge in [0.2, 0.25) is 11.8 Å². The quantitative estimate of drug-likeness (QED) is 0.152. The molecule has 1 aromatic carbocycles. The Bertz CT molecular complexity index is 910. The van der Waals surface area contributed by atoms with E-state index in [1.165, 1.54) is 0 Å². The van der Waals surface area contributed by atoms with E-state index in [1.54, 1.807) is 32.2 Å². The molecule has 0 spiro atoms. The lowest BCUT2D eigenvalue weighted by Crippen LogP contribution is -2.45. The van der Waals surface area contributed by atoms with Crippen LogP contribution in [0.5, 0.6) is 5.75 Å². The van der Waals surface area contributed by atoms with E-state index in [1.807, 2.05) is 19.9 Å². The van der Waals surface area contributed by atoms with Crippen molar-refractivity contribution < 1.29 is 29.0 Å². The molecule has 5 unspecified atom stereocenters. The molecular weight excluding hydrogens is 512 g/mol. The normalized spacial score (nSPS) is 15.2. The maximum absolute atomic E-state index is 13.0. The van der Waals surface area contributed by atoms with E-state index in [2.05, 4.69) is 24.5 Å². The van der Waals surface area contributed by atoms with Gasteiger partial charge < -0.3 is 36.7 Å². The van der Waals surface area contributed by atoms with Crippen molar-refractivity contribution in [3.63, 3.8) is 0 Å². The monoisotopic (exact) mass is 564 g/mol. The number of benzene rings is 1. The largest absolute Gasteiger partial charge is 0.493 e. The Kier molecular flexibility index (Phi) is 16.4. The molecular formula is C30H52N4O6. The number of hydrogen-bond acceptors (Lipinski definition) is 7. The first-order valence-electron chi connectivity index (χ1n) is 14.4. The topological polar surface area (TPSA) is 166 Å². The molecule has 0 saturated carbocycles. The van der Waals surface area contributed by atoms with Crippen LogP contribution in [0.15, 0.2) is 24.3 Å². The van der Waals surface area contributed by atoms with Crippen LogP contribution in [0, 0.1) is 29.6 Å². The predicted octanol–water partition coefficient (Wildman–Crippen LogP) is 2.47. The van der Waals surface area contributed by atoms with Crippen molar-refractivity contribution in [2.24, 2.45) is 41.1 Å². The third-order valence-corrected chi connectivity index (χ3v) is 7.37. The summed E-state index contributed by atoms with van der Waals surface area (Å²) in [6, 6.07) is 6.58. The SMILES string of the molecule is COCCCCOc1ccccc1C(=O)NCC(CC(N)C(O)CC(C(=O)NCC(C)C(N)=O)C(C)C)C(C)C. The van der Waals surface area contributed by atoms with Crippen molar-refractivity contribution in [2.75, 3.05) is 33.4 Å². The van der Waals surface area contributed by atoms with E-state index in [-0.39, 0.29) is 42.5 Å². The van der Waals surface area contributed by atoms with Gasteiger partial charge in [-0.25, -0.2) is 0 Å². The molecule has 0 bridgehead atoms. The summed E-state index contributed by atoms with van der Waals surface area (Å²) in [5.41, 5.74) is 12.2. The molecule has 7 N–H and O–H groups in total. The van der Waals surface area contributed by atoms with Crippen molar-refractivity contribution in [3.05, 3.63) is 29.8 Å². The van der Waals surface area contributed by atoms with Gasteiger partial charge in [-0.2, -0.15) is 0 Å². The zero-order chi connectivity index (χ0) is 30.2. The number of ether oxygens (including phenoxy) is 2. The summed E-state index contributed by atoms with van der Waals surface area (Å²) >= 11 is 0. The lowest BCUT2D eigenvalue weighted by molar-refractivity contribution is -0.128. The number of para-hydroxylation sites is 1. The maximum atomic E-state index is 13.0. The van der Waals surface area contributed by atoms with Crippen molar-refractivity contribution in [1.82, 2.24) is 10.6 Å². The smallest absolute Gasteiger partial charge is 0.255 e. The number of aliphatic hydroxyl groups is 1. The Morgan fingerprint density at radius 2 is 1.57 bits per heavy atom. The van der Waals surface area contributed by atoms with Crippen LogP contribution in [0.2, 0.25) is 0 Å². The van der Waals surface area contributed by atoms with Crippen molar-refractivity contribution in [3.8, 4) is 5.75 Å². The molecule has 5 atom stereocenters. The summed E-state index contributed by atoms with van der Waals surface area (Å²) in [6.45, 7) is 11.3. The van der Waals surface area contributed by atoms with Gasteiger partial charge in [-0.05, 0) is 55.6 Å². The van der Waals surface area contributed by atoms with E-state index >= 15 is 0 Å². The summed E-state index contributed by atoms with van der Waals surface area (Å²) in [6.07, 6.45) is 1.47. The number of nitrogens with one attached hydrogen (secondary N) is 2. The van der Waals surface area contributed by atoms with E-state index < -0.39 is 29.9 Å². The number of amides is 3. The zero-order valence-corrected chi connectivity index (χ0v) is 25.2. The molecule has 3 amide bonds. The molecule has 0 aromatic heterocycles. The first-order valence-corrected chi connectivity index (χ1v) is 14.4. The van der Waals surface area contributed by atoms with Gasteiger partial charge in [-0.1, -0.05) is 46.8 Å². The molecule has 10 nitrogen and oxygen atoms in total. The molecule has 228 valence electrons. The highest BCUT2D eigenvalue weighted by Crippen LogP contribution is 2.24. The second-order valence-corrected chi connectivity index (χ2v) is 11.4. The fraction of sp³-hybridized carbons (Fsp3) is 0.700. The number of nitrogens with two attached hydrogens (primary N) is 2. The average Bonchev–Trinajstić information content (AvgIpc) is 2.91. The second kappa shape index (κ2) is 18.6. The minimum Gasteiger partial charge on any atom is -0.493 e. The standard InChI is InChI=1S/C30H52N4O6/c1-19(2)22(18-34-29(37)23-11-7-8-12-27(23)40-14-10-9-13-39-6)15-25(31)26(35)16-24(20(3)4)30(38)33-17-21(5)28(32)36/h7-8,11-12,19-22,24-26,35H,9-10,13-18,31H2,1-6H3,(H2,32,36)(H,33,38)(H,34,37). The molecule has 0 aliphatic heterocycles. The summed E-state index contributed by atoms with van der Waals surface area (Å²) in [7, 11) is 1.66. The van der Waals surface area contributed by atoms with Gasteiger partial charge in [-0.15, -0.1) is 0 Å². The number of carbonyl (C=O) groups is 3. The van der Waals surface area contributed by atoms with Gasteiger partial charge in [0, 0.05) is 38.8 Å². The zero-order valence-electron chi connectivity index (χ0n) is 25.2. The van der Waals surface area contributed by atoms with Crippen LogP contribution in [-0.4, -0.2) is 68.4 Å². The molecule has 0 saturated heterocycles. The Morgan fingerprint density at radius 1 is 0.925 bits per heavy atom. The van der Waals surface area contributed by atoms with Gasteiger partial charge in [0.15, 0.2) is 0 Å². The van der Waals surface area contributed by atoms with E-state index in [0.29, 0.717) is 37.5 Å². The van der Waals surface area contributed by atoms with Gasteiger partial charge in [-0.3, -0.25) is 14.4 Å². The number of aliphatic hydroxyl groups excluding tert-OH is 1. The van der Waals surface area contributed by atoms with Crippen molar-refractivity contribution in [1.29, 1.82) is 0 Å². The molecule has 0 aliphatic carbocycles. The lowest BCUT2D eigenvalue weighted by Gasteiger charge is -2.30. The van der Waals surface area contributed by atoms with Crippen LogP contribution in [0.1, 0.15) is 70.7 Å². The van der Waals surface area contributed by atoms with Crippen LogP contribution >= 0.6 is 0 Å². The minimum absolute atomic E-state index is 0.0125. The number of carbonyl (C=O) groups excluding carboxylic acids is 3. The summed E-state index contributed by atoms with van der Waals surface area (Å²) in [5.74, 6) is -1.18. The highest BCUT2D eigenvalue weighted by molar-refractivity contribution is 5.96. The van der Waals surface area contributed by atoms with Crippen molar-refractivity contribution >= 4 is 17.7 Å². The number of unbranched alkanes of at least 4 members (excludes halogenated alkanes) is 1. The van der Waals surface area contributed by atoms with Crippen LogP contribution < -0.4 is 26.8 Å². The van der Waals surface area contributed by atoms with Gasteiger partial charge in [0.25, 0.3) is 5.91 Å². The molecule has 1 aromatic rings. The number of hydrogen-bond donors (Lipinski definition) is 5. The summed E-state index contributed by atoms with van der Waals surface area (Å²) < 4.78 is 10.9. The highest BCUT2D eigenvalue weighted by Gasteiger charge is 2.30. The van der Waals surface area contributed by atoms with Crippen LogP contribution in [0.3, 0.4) is 0 Å². The molecule has 1 rings (SSSR count). The highest BCUT2D eigenvalue weighted by atomic mass is 16.5. The third kappa shape index (κ3) is 12.7. The fourth-order valence-electron chi connectivity index (χ4n) is 4.33. The molecule has 10 heteroatoms. The number of methoxy groups -OCH3 is 1. The lowest BCUT2D eigenvalue weighted by atomic mass is 9.83. The first-order chi connectivity index (χ1) is 18.9. The Balaban J connectivity index is 2.72. The fourth-order valence-corrected chi connectivity index (χ4v) is 4.33.